The Morgan fingerprint density at radius 1 is 1.17 bits per heavy atom. The van der Waals surface area contributed by atoms with Crippen LogP contribution in [0.25, 0.3) is 0 Å². The zero-order valence-electron chi connectivity index (χ0n) is 11.5. The van der Waals surface area contributed by atoms with Crippen molar-refractivity contribution >= 4 is 0 Å². The third kappa shape index (κ3) is 3.03. The van der Waals surface area contributed by atoms with Crippen molar-refractivity contribution in [1.82, 2.24) is 9.80 Å². The molecule has 18 heavy (non-hydrogen) atoms. The molecule has 0 spiro atoms. The Hall–Kier alpha value is -0.200. The first kappa shape index (κ1) is 14.2. The van der Waals surface area contributed by atoms with Gasteiger partial charge in [-0.05, 0) is 40.0 Å². The third-order valence-corrected chi connectivity index (χ3v) is 4.00. The van der Waals surface area contributed by atoms with Crippen molar-refractivity contribution in [2.45, 2.75) is 43.6 Å². The lowest BCUT2D eigenvalue weighted by Gasteiger charge is -2.36. The minimum absolute atomic E-state index is 0.00903. The van der Waals surface area contributed by atoms with E-state index in [1.807, 2.05) is 14.1 Å². The van der Waals surface area contributed by atoms with Crippen LogP contribution in [0, 0.1) is 0 Å². The van der Waals surface area contributed by atoms with E-state index in [4.69, 9.17) is 4.74 Å². The fraction of sp³-hybridized carbons (Fsp3) is 1.00. The molecule has 2 aliphatic heterocycles. The summed E-state index contributed by atoms with van der Waals surface area (Å²) in [6, 6.07) is 0.0323. The van der Waals surface area contributed by atoms with E-state index in [9.17, 15) is 10.2 Å². The highest BCUT2D eigenvalue weighted by molar-refractivity contribution is 4.98. The van der Waals surface area contributed by atoms with E-state index in [1.54, 1.807) is 0 Å². The van der Waals surface area contributed by atoms with Crippen molar-refractivity contribution in [3.8, 4) is 0 Å². The lowest BCUT2D eigenvalue weighted by atomic mass is 9.99. The zero-order valence-corrected chi connectivity index (χ0v) is 11.5. The van der Waals surface area contributed by atoms with E-state index >= 15 is 0 Å². The zero-order chi connectivity index (χ0) is 13.1. The predicted octanol–water partition coefficient (Wildman–Crippen LogP) is -0.477. The first-order valence-electron chi connectivity index (χ1n) is 6.96. The number of aliphatic hydroxyl groups is 2. The molecule has 2 N–H and O–H groups in total. The van der Waals surface area contributed by atoms with Crippen molar-refractivity contribution in [1.29, 1.82) is 0 Å². The van der Waals surface area contributed by atoms with Gasteiger partial charge in [0.15, 0.2) is 0 Å². The lowest BCUT2D eigenvalue weighted by Crippen LogP contribution is -2.52. The molecule has 2 aliphatic rings. The van der Waals surface area contributed by atoms with Crippen LogP contribution in [0.3, 0.4) is 0 Å². The summed E-state index contributed by atoms with van der Waals surface area (Å²) in [6.07, 6.45) is 2.66. The smallest absolute Gasteiger partial charge is 0.109 e. The van der Waals surface area contributed by atoms with E-state index in [1.165, 1.54) is 19.3 Å². The Morgan fingerprint density at radius 3 is 2.39 bits per heavy atom. The topological polar surface area (TPSA) is 56.2 Å². The van der Waals surface area contributed by atoms with Crippen molar-refractivity contribution in [2.24, 2.45) is 0 Å². The molecule has 0 aromatic rings. The number of hydrogen-bond acceptors (Lipinski definition) is 5. The van der Waals surface area contributed by atoms with Crippen molar-refractivity contribution in [3.05, 3.63) is 0 Å². The van der Waals surface area contributed by atoms with Gasteiger partial charge in [0.2, 0.25) is 0 Å². The van der Waals surface area contributed by atoms with Gasteiger partial charge >= 0.3 is 0 Å². The second-order valence-corrected chi connectivity index (χ2v) is 5.74. The first-order chi connectivity index (χ1) is 8.63. The summed E-state index contributed by atoms with van der Waals surface area (Å²) in [5.74, 6) is 0. The van der Waals surface area contributed by atoms with E-state index in [-0.39, 0.29) is 18.8 Å². The lowest BCUT2D eigenvalue weighted by molar-refractivity contribution is -0.0275. The standard InChI is InChI=1S/C13H26N2O3/c1-14(2)8-10-12(13(17)11(9-16)18-10)15-6-4-3-5-7-15/h10-13,16-17H,3-9H2,1-2H3. The first-order valence-corrected chi connectivity index (χ1v) is 6.96. The van der Waals surface area contributed by atoms with Gasteiger partial charge in [0.25, 0.3) is 0 Å². The maximum absolute atomic E-state index is 10.3. The highest BCUT2D eigenvalue weighted by atomic mass is 16.5. The Balaban J connectivity index is 2.05. The Labute approximate surface area is 109 Å². The van der Waals surface area contributed by atoms with Crippen molar-refractivity contribution in [2.75, 3.05) is 40.3 Å². The molecule has 2 fully saturated rings. The Morgan fingerprint density at radius 2 is 1.83 bits per heavy atom. The number of hydrogen-bond donors (Lipinski definition) is 2. The number of piperidine rings is 1. The summed E-state index contributed by atoms with van der Waals surface area (Å²) in [4.78, 5) is 4.42. The van der Waals surface area contributed by atoms with Crippen LogP contribution in [-0.2, 0) is 4.74 Å². The molecule has 0 aromatic heterocycles. The summed E-state index contributed by atoms with van der Waals surface area (Å²) in [7, 11) is 4.02. The van der Waals surface area contributed by atoms with Gasteiger partial charge in [0.05, 0.1) is 18.8 Å². The normalized spacial score (nSPS) is 38.5. The van der Waals surface area contributed by atoms with Crippen LogP contribution >= 0.6 is 0 Å². The molecule has 2 heterocycles. The van der Waals surface area contributed by atoms with E-state index in [0.29, 0.717) is 0 Å². The SMILES string of the molecule is CN(C)CC1OC(CO)C(O)C1N1CCCCC1. The maximum Gasteiger partial charge on any atom is 0.109 e. The number of aliphatic hydroxyl groups excluding tert-OH is 2. The summed E-state index contributed by atoms with van der Waals surface area (Å²) >= 11 is 0. The van der Waals surface area contributed by atoms with Crippen LogP contribution < -0.4 is 0 Å². The van der Waals surface area contributed by atoms with Gasteiger partial charge in [-0.2, -0.15) is 0 Å². The van der Waals surface area contributed by atoms with Gasteiger partial charge in [-0.3, -0.25) is 4.90 Å². The molecule has 0 saturated carbocycles. The van der Waals surface area contributed by atoms with E-state index in [2.05, 4.69) is 9.80 Å². The molecule has 5 heteroatoms. The molecule has 4 atom stereocenters. The van der Waals surface area contributed by atoms with Gasteiger partial charge in [-0.1, -0.05) is 6.42 Å². The molecule has 0 aliphatic carbocycles. The minimum Gasteiger partial charge on any atom is -0.394 e. The number of rotatable bonds is 4. The summed E-state index contributed by atoms with van der Waals surface area (Å²) in [5, 5.41) is 19.6. The van der Waals surface area contributed by atoms with Gasteiger partial charge in [-0.15, -0.1) is 0 Å². The van der Waals surface area contributed by atoms with Gasteiger partial charge in [0, 0.05) is 6.54 Å². The average Bonchev–Trinajstić information content (AvgIpc) is 2.66. The van der Waals surface area contributed by atoms with Crippen molar-refractivity contribution in [3.63, 3.8) is 0 Å². The van der Waals surface area contributed by atoms with Crippen LogP contribution in [0.15, 0.2) is 0 Å². The number of ether oxygens (including phenoxy) is 1. The van der Waals surface area contributed by atoms with Crippen LogP contribution in [0.4, 0.5) is 0 Å². The third-order valence-electron chi connectivity index (χ3n) is 4.00. The fourth-order valence-corrected chi connectivity index (χ4v) is 3.15. The second kappa shape index (κ2) is 6.30. The van der Waals surface area contributed by atoms with E-state index in [0.717, 1.165) is 19.6 Å². The highest BCUT2D eigenvalue weighted by Gasteiger charge is 2.46. The molecule has 0 aromatic carbocycles. The summed E-state index contributed by atoms with van der Waals surface area (Å²) in [5.41, 5.74) is 0. The van der Waals surface area contributed by atoms with E-state index < -0.39 is 12.2 Å². The van der Waals surface area contributed by atoms with Crippen molar-refractivity contribution < 1.29 is 14.9 Å². The van der Waals surface area contributed by atoms with Crippen LogP contribution in [0.2, 0.25) is 0 Å². The predicted molar refractivity (Wildman–Crippen MR) is 69.5 cm³/mol. The molecule has 2 saturated heterocycles. The molecular weight excluding hydrogens is 232 g/mol. The van der Waals surface area contributed by atoms with Gasteiger partial charge in [0.1, 0.15) is 12.2 Å². The molecular formula is C13H26N2O3. The number of nitrogens with zero attached hydrogens (tertiary/aromatic N) is 2. The molecule has 0 radical (unpaired) electrons. The second-order valence-electron chi connectivity index (χ2n) is 5.74. The van der Waals surface area contributed by atoms with Crippen LogP contribution in [0.1, 0.15) is 19.3 Å². The molecule has 0 bridgehead atoms. The monoisotopic (exact) mass is 258 g/mol. The van der Waals surface area contributed by atoms with Gasteiger partial charge in [-0.25, -0.2) is 0 Å². The summed E-state index contributed by atoms with van der Waals surface area (Å²) in [6.45, 7) is 2.75. The Kier molecular flexibility index (Phi) is 4.98. The van der Waals surface area contributed by atoms with Gasteiger partial charge < -0.3 is 19.8 Å². The largest absolute Gasteiger partial charge is 0.394 e. The quantitative estimate of drug-likeness (QED) is 0.713. The molecule has 0 amide bonds. The Bertz CT molecular complexity index is 257. The number of likely N-dealkylation sites (N-methyl/N-ethyl adjacent to an activating group) is 1. The summed E-state index contributed by atoms with van der Waals surface area (Å²) < 4.78 is 5.82. The highest BCUT2D eigenvalue weighted by Crippen LogP contribution is 2.28. The van der Waals surface area contributed by atoms with Crippen LogP contribution in [-0.4, -0.2) is 84.7 Å². The average molecular weight is 258 g/mol. The molecule has 5 nitrogen and oxygen atoms in total. The van der Waals surface area contributed by atoms with Crippen LogP contribution in [0.5, 0.6) is 0 Å². The molecule has 4 unspecified atom stereocenters. The maximum atomic E-state index is 10.3. The fourth-order valence-electron chi connectivity index (χ4n) is 3.15. The number of likely N-dealkylation sites (tertiary alicyclic amines) is 1. The molecule has 2 rings (SSSR count). The minimum atomic E-state index is -0.571. The molecule has 106 valence electrons.